The van der Waals surface area contributed by atoms with Crippen molar-refractivity contribution in [3.63, 3.8) is 0 Å². The average molecular weight is 305 g/mol. The summed E-state index contributed by atoms with van der Waals surface area (Å²) >= 11 is 1.51. The van der Waals surface area contributed by atoms with Crippen LogP contribution in [0.15, 0.2) is 17.1 Å². The summed E-state index contributed by atoms with van der Waals surface area (Å²) in [5.41, 5.74) is 1.88. The van der Waals surface area contributed by atoms with Crippen LogP contribution in [0, 0.1) is 6.92 Å². The van der Waals surface area contributed by atoms with Gasteiger partial charge in [-0.15, -0.1) is 0 Å². The maximum atomic E-state index is 5.89. The minimum Gasteiger partial charge on any atom is -0.460 e. The number of fused-ring (bicyclic) bond motifs is 1. The summed E-state index contributed by atoms with van der Waals surface area (Å²) in [5, 5.41) is 7.23. The third kappa shape index (κ3) is 3.48. The number of hydrogen-bond acceptors (Lipinski definition) is 6. The van der Waals surface area contributed by atoms with E-state index in [-0.39, 0.29) is 6.10 Å². The molecule has 112 valence electrons. The van der Waals surface area contributed by atoms with E-state index in [1.165, 1.54) is 11.3 Å². The van der Waals surface area contributed by atoms with Gasteiger partial charge in [0.05, 0.1) is 0 Å². The Morgan fingerprint density at radius 1 is 1.48 bits per heavy atom. The normalized spacial score (nSPS) is 19.7. The van der Waals surface area contributed by atoms with Gasteiger partial charge < -0.3 is 10.1 Å². The lowest BCUT2D eigenvalue weighted by molar-refractivity contribution is 0.154. The quantitative estimate of drug-likeness (QED) is 0.657. The van der Waals surface area contributed by atoms with Crippen molar-refractivity contribution in [3.8, 4) is 0 Å². The molecule has 0 bridgehead atoms. The third-order valence-electron chi connectivity index (χ3n) is 3.34. The van der Waals surface area contributed by atoms with Crippen molar-refractivity contribution in [2.24, 2.45) is 4.99 Å². The SMILES string of the molecule is CN=C(Nc1nc2ccc(C)nc2s1)OC1CCCNC1. The molecule has 1 aliphatic heterocycles. The molecule has 7 heteroatoms. The van der Waals surface area contributed by atoms with Crippen LogP contribution in [0.1, 0.15) is 18.5 Å². The number of anilines is 1. The second-order valence-corrected chi connectivity index (χ2v) is 6.01. The van der Waals surface area contributed by atoms with Crippen LogP contribution in [0.5, 0.6) is 0 Å². The Bertz CT molecular complexity index is 648. The molecule has 3 rings (SSSR count). The molecule has 0 spiro atoms. The summed E-state index contributed by atoms with van der Waals surface area (Å²) in [5.74, 6) is 0. The Hall–Kier alpha value is -1.73. The Labute approximate surface area is 127 Å². The van der Waals surface area contributed by atoms with Gasteiger partial charge in [0.2, 0.25) is 0 Å². The van der Waals surface area contributed by atoms with Gasteiger partial charge in [0.15, 0.2) is 5.13 Å². The Balaban J connectivity index is 1.70. The molecular weight excluding hydrogens is 286 g/mol. The van der Waals surface area contributed by atoms with Crippen LogP contribution < -0.4 is 10.6 Å². The zero-order chi connectivity index (χ0) is 14.7. The number of ether oxygens (including phenoxy) is 1. The largest absolute Gasteiger partial charge is 0.460 e. The molecule has 3 heterocycles. The highest BCUT2D eigenvalue weighted by atomic mass is 32.1. The van der Waals surface area contributed by atoms with E-state index in [1.54, 1.807) is 7.05 Å². The summed E-state index contributed by atoms with van der Waals surface area (Å²) in [4.78, 5) is 14.1. The number of aromatic nitrogens is 2. The van der Waals surface area contributed by atoms with Crippen LogP contribution in [-0.2, 0) is 4.74 Å². The Morgan fingerprint density at radius 3 is 3.14 bits per heavy atom. The van der Waals surface area contributed by atoms with Gasteiger partial charge in [0, 0.05) is 19.3 Å². The molecule has 0 amide bonds. The molecule has 1 aliphatic rings. The number of nitrogens with one attached hydrogen (secondary N) is 2. The molecule has 0 aromatic carbocycles. The Kier molecular flexibility index (Phi) is 4.31. The van der Waals surface area contributed by atoms with Gasteiger partial charge in [0.25, 0.3) is 6.02 Å². The van der Waals surface area contributed by atoms with Gasteiger partial charge in [-0.3, -0.25) is 5.32 Å². The van der Waals surface area contributed by atoms with Gasteiger partial charge >= 0.3 is 0 Å². The molecule has 2 aromatic rings. The highest BCUT2D eigenvalue weighted by Gasteiger charge is 2.17. The zero-order valence-corrected chi connectivity index (χ0v) is 13.0. The molecule has 2 N–H and O–H groups in total. The molecule has 1 atom stereocenters. The summed E-state index contributed by atoms with van der Waals surface area (Å²) in [6.07, 6.45) is 2.35. The van der Waals surface area contributed by atoms with Crippen LogP contribution in [-0.4, -0.2) is 42.2 Å². The van der Waals surface area contributed by atoms with E-state index in [4.69, 9.17) is 4.74 Å². The van der Waals surface area contributed by atoms with Crippen LogP contribution in [0.2, 0.25) is 0 Å². The standard InChI is InChI=1S/C14H19N5OS/c1-9-5-6-11-12(17-9)21-14(18-11)19-13(15-2)20-10-4-3-7-16-8-10/h5-6,10,16H,3-4,7-8H2,1-2H3,(H,15,18,19). The maximum Gasteiger partial charge on any atom is 0.291 e. The van der Waals surface area contributed by atoms with E-state index in [1.807, 2.05) is 19.1 Å². The molecule has 1 unspecified atom stereocenters. The van der Waals surface area contributed by atoms with Crippen LogP contribution in [0.25, 0.3) is 10.3 Å². The molecule has 1 saturated heterocycles. The van der Waals surface area contributed by atoms with Crippen LogP contribution in [0.3, 0.4) is 0 Å². The molecule has 2 aromatic heterocycles. The van der Waals surface area contributed by atoms with Gasteiger partial charge in [0.1, 0.15) is 16.5 Å². The number of nitrogens with zero attached hydrogens (tertiary/aromatic N) is 3. The first-order valence-corrected chi connectivity index (χ1v) is 7.91. The topological polar surface area (TPSA) is 71.4 Å². The molecular formula is C14H19N5OS. The van der Waals surface area contributed by atoms with E-state index < -0.39 is 0 Å². The number of rotatable bonds is 2. The van der Waals surface area contributed by atoms with E-state index in [9.17, 15) is 0 Å². The number of hydrogen-bond donors (Lipinski definition) is 2. The van der Waals surface area contributed by atoms with E-state index in [2.05, 4.69) is 25.6 Å². The summed E-state index contributed by atoms with van der Waals surface area (Å²) in [6, 6.07) is 4.46. The first-order chi connectivity index (χ1) is 10.2. The van der Waals surface area contributed by atoms with Crippen LogP contribution in [0.4, 0.5) is 5.13 Å². The molecule has 0 saturated carbocycles. The molecule has 1 fully saturated rings. The fourth-order valence-corrected chi connectivity index (χ4v) is 3.14. The zero-order valence-electron chi connectivity index (χ0n) is 12.2. The predicted octanol–water partition coefficient (Wildman–Crippen LogP) is 2.17. The molecule has 0 aliphatic carbocycles. The molecule has 21 heavy (non-hydrogen) atoms. The van der Waals surface area contributed by atoms with Crippen molar-refractivity contribution in [1.82, 2.24) is 15.3 Å². The fraction of sp³-hybridized carbons (Fsp3) is 0.500. The van der Waals surface area contributed by atoms with Crippen LogP contribution >= 0.6 is 11.3 Å². The first-order valence-electron chi connectivity index (χ1n) is 7.10. The third-order valence-corrected chi connectivity index (χ3v) is 4.22. The summed E-state index contributed by atoms with van der Waals surface area (Å²) in [7, 11) is 1.72. The summed E-state index contributed by atoms with van der Waals surface area (Å²) < 4.78 is 5.89. The summed E-state index contributed by atoms with van der Waals surface area (Å²) in [6.45, 7) is 3.90. The number of piperidine rings is 1. The highest BCUT2D eigenvalue weighted by molar-refractivity contribution is 7.21. The lowest BCUT2D eigenvalue weighted by Gasteiger charge is -2.24. The monoisotopic (exact) mass is 305 g/mol. The lowest BCUT2D eigenvalue weighted by atomic mass is 10.1. The van der Waals surface area contributed by atoms with Gasteiger partial charge in [-0.2, -0.15) is 0 Å². The fourth-order valence-electron chi connectivity index (χ4n) is 2.27. The number of aliphatic imine (C=N–C) groups is 1. The number of amidine groups is 1. The van der Waals surface area contributed by atoms with Crippen molar-refractivity contribution in [1.29, 1.82) is 0 Å². The minimum absolute atomic E-state index is 0.166. The van der Waals surface area contributed by atoms with E-state index >= 15 is 0 Å². The smallest absolute Gasteiger partial charge is 0.291 e. The number of pyridine rings is 1. The number of aryl methyl sites for hydroxylation is 1. The van der Waals surface area contributed by atoms with Gasteiger partial charge in [-0.1, -0.05) is 11.3 Å². The molecule has 6 nitrogen and oxygen atoms in total. The average Bonchev–Trinajstić information content (AvgIpc) is 2.89. The van der Waals surface area contributed by atoms with Crippen molar-refractivity contribution in [2.75, 3.05) is 25.5 Å². The van der Waals surface area contributed by atoms with Crippen molar-refractivity contribution < 1.29 is 4.74 Å². The van der Waals surface area contributed by atoms with Gasteiger partial charge in [-0.25, -0.2) is 15.0 Å². The lowest BCUT2D eigenvalue weighted by Crippen LogP contribution is -2.38. The van der Waals surface area contributed by atoms with Crippen molar-refractivity contribution >= 4 is 32.8 Å². The van der Waals surface area contributed by atoms with Gasteiger partial charge in [-0.05, 0) is 38.4 Å². The maximum absolute atomic E-state index is 5.89. The van der Waals surface area contributed by atoms with Crippen molar-refractivity contribution in [3.05, 3.63) is 17.8 Å². The second-order valence-electron chi connectivity index (χ2n) is 5.04. The minimum atomic E-state index is 0.166. The van der Waals surface area contributed by atoms with E-state index in [0.29, 0.717) is 6.02 Å². The second kappa shape index (κ2) is 6.36. The predicted molar refractivity (Wildman–Crippen MR) is 86.1 cm³/mol. The highest BCUT2D eigenvalue weighted by Crippen LogP contribution is 2.24. The van der Waals surface area contributed by atoms with E-state index in [0.717, 1.165) is 47.1 Å². The van der Waals surface area contributed by atoms with Crippen molar-refractivity contribution in [2.45, 2.75) is 25.9 Å². The number of thiazole rings is 1. The Morgan fingerprint density at radius 2 is 2.38 bits per heavy atom. The molecule has 0 radical (unpaired) electrons. The first kappa shape index (κ1) is 14.2.